The average Bonchev–Trinajstić information content (AvgIpc) is 3.13. The maximum absolute atomic E-state index is 7.90. The van der Waals surface area contributed by atoms with E-state index in [1.165, 1.54) is 4.57 Å². The summed E-state index contributed by atoms with van der Waals surface area (Å²) in [7, 11) is 0. The van der Waals surface area contributed by atoms with Crippen LogP contribution < -0.4 is 4.57 Å². The highest BCUT2D eigenvalue weighted by atomic mass is 16.4. The Labute approximate surface area is 118 Å². The molecule has 0 bridgehead atoms. The van der Waals surface area contributed by atoms with Gasteiger partial charge in [0.2, 0.25) is 11.2 Å². The molecule has 0 unspecified atom stereocenters. The van der Waals surface area contributed by atoms with Crippen molar-refractivity contribution in [1.29, 1.82) is 0 Å². The van der Waals surface area contributed by atoms with Gasteiger partial charge in [-0.3, -0.25) is 4.98 Å². The maximum Gasteiger partial charge on any atom is 0.330 e. The van der Waals surface area contributed by atoms with E-state index in [4.69, 9.17) is 8.53 Å². The molecule has 4 aromatic heterocycles. The Morgan fingerprint density at radius 1 is 1.30 bits per heavy atom. The Morgan fingerprint density at radius 2 is 2.20 bits per heavy atom. The normalized spacial score (nSPS) is 15.9. The van der Waals surface area contributed by atoms with E-state index < -0.39 is 6.98 Å². The molecule has 5 nitrogen and oxygen atoms in total. The quantitative estimate of drug-likeness (QED) is 0.403. The van der Waals surface area contributed by atoms with E-state index in [1.807, 2.05) is 22.8 Å². The van der Waals surface area contributed by atoms with Crippen LogP contribution in [0.1, 0.15) is 9.81 Å². The van der Waals surface area contributed by atoms with Gasteiger partial charge < -0.3 is 4.42 Å². The largest absolute Gasteiger partial charge is 0.413 e. The van der Waals surface area contributed by atoms with E-state index in [0.717, 1.165) is 11.3 Å². The van der Waals surface area contributed by atoms with Crippen molar-refractivity contribution in [2.75, 3.05) is 0 Å². The van der Waals surface area contributed by atoms with Crippen LogP contribution in [0.3, 0.4) is 0 Å². The Morgan fingerprint density at radius 3 is 3.15 bits per heavy atom. The third-order valence-electron chi connectivity index (χ3n) is 3.79. The molecule has 0 aliphatic carbocycles. The highest BCUT2D eigenvalue weighted by Crippen LogP contribution is 2.33. The van der Waals surface area contributed by atoms with Gasteiger partial charge >= 0.3 is 5.65 Å². The molecule has 5 heteroatoms. The summed E-state index contributed by atoms with van der Waals surface area (Å²) >= 11 is 0. The maximum atomic E-state index is 7.90. The molecule has 0 radical (unpaired) electrons. The summed E-state index contributed by atoms with van der Waals surface area (Å²) in [6, 6.07) is 7.39. The van der Waals surface area contributed by atoms with Gasteiger partial charge in [-0.1, -0.05) is 0 Å². The van der Waals surface area contributed by atoms with Crippen LogP contribution in [0.25, 0.3) is 33.7 Å². The van der Waals surface area contributed by atoms with Crippen molar-refractivity contribution in [3.05, 3.63) is 42.4 Å². The van der Waals surface area contributed by atoms with Crippen molar-refractivity contribution < 1.29 is 13.1 Å². The predicted octanol–water partition coefficient (Wildman–Crippen LogP) is 2.03. The number of rotatable bonds is 0. The number of aryl methyl sites for hydroxylation is 1. The zero-order valence-electron chi connectivity index (χ0n) is 13.4. The molecule has 20 heavy (non-hydrogen) atoms. The van der Waals surface area contributed by atoms with Crippen LogP contribution in [-0.2, 0) is 13.5 Å². The first kappa shape index (κ1) is 7.79. The highest BCUT2D eigenvalue weighted by Gasteiger charge is 2.35. The average molecular weight is 266 g/mol. The van der Waals surface area contributed by atoms with Crippen molar-refractivity contribution in [3.63, 3.8) is 0 Å². The summed E-state index contributed by atoms with van der Waals surface area (Å²) in [6.45, 7) is -1.86. The summed E-state index contributed by atoms with van der Waals surface area (Å²) in [5.74, 6) is 0.641. The Bertz CT molecular complexity index is 1090. The van der Waals surface area contributed by atoms with Crippen LogP contribution in [0.4, 0.5) is 0 Å². The van der Waals surface area contributed by atoms with Crippen LogP contribution >= 0.6 is 0 Å². The van der Waals surface area contributed by atoms with Crippen LogP contribution in [0.5, 0.6) is 0 Å². The summed E-state index contributed by atoms with van der Waals surface area (Å²) in [6.07, 6.45) is 3.31. The fourth-order valence-electron chi connectivity index (χ4n) is 2.92. The van der Waals surface area contributed by atoms with Gasteiger partial charge in [0.15, 0.2) is 0 Å². The number of hydrogen-bond donors (Lipinski definition) is 0. The zero-order valence-corrected chi connectivity index (χ0v) is 10.4. The number of oxazole rings is 1. The summed E-state index contributed by atoms with van der Waals surface area (Å²) < 4.78 is 32.9. The van der Waals surface area contributed by atoms with E-state index in [0.29, 0.717) is 34.7 Å². The minimum Gasteiger partial charge on any atom is -0.413 e. The molecule has 4 aromatic rings. The van der Waals surface area contributed by atoms with E-state index in [9.17, 15) is 0 Å². The minimum absolute atomic E-state index is 0.403. The Balaban J connectivity index is 1.97. The first-order valence-corrected chi connectivity index (χ1v) is 6.32. The molecule has 1 aliphatic rings. The first-order valence-electron chi connectivity index (χ1n) is 7.82. The third-order valence-corrected chi connectivity index (χ3v) is 3.79. The van der Waals surface area contributed by atoms with Gasteiger partial charge in [-0.2, -0.15) is 4.57 Å². The standard InChI is InChI=1S/C15H11N4O/c1-18-13-10(5-3-7-17-13)12-14(18)19-8-11-9(15(19)20-12)4-2-6-16-11/h2-7H,8H2,1H3/q+1/i1D3. The predicted molar refractivity (Wildman–Crippen MR) is 73.0 cm³/mol. The van der Waals surface area contributed by atoms with Crippen molar-refractivity contribution >= 4 is 22.3 Å². The molecule has 0 saturated carbocycles. The second-order valence-electron chi connectivity index (χ2n) is 4.85. The number of pyridine rings is 2. The Hall–Kier alpha value is -2.69. The van der Waals surface area contributed by atoms with Gasteiger partial charge in [-0.05, 0) is 24.3 Å². The van der Waals surface area contributed by atoms with Gasteiger partial charge in [0.1, 0.15) is 6.54 Å². The highest BCUT2D eigenvalue weighted by molar-refractivity contribution is 6.00. The lowest BCUT2D eigenvalue weighted by Gasteiger charge is -1.91. The van der Waals surface area contributed by atoms with Crippen LogP contribution in [0, 0.1) is 0 Å². The monoisotopic (exact) mass is 266 g/mol. The lowest BCUT2D eigenvalue weighted by molar-refractivity contribution is -0.652. The lowest BCUT2D eigenvalue weighted by atomic mass is 10.2. The second-order valence-corrected chi connectivity index (χ2v) is 4.85. The van der Waals surface area contributed by atoms with Crippen LogP contribution in [0.15, 0.2) is 41.1 Å². The van der Waals surface area contributed by atoms with Crippen molar-refractivity contribution in [1.82, 2.24) is 14.5 Å². The molecule has 96 valence electrons. The van der Waals surface area contributed by atoms with Crippen LogP contribution in [-0.4, -0.2) is 14.5 Å². The molecule has 0 atom stereocenters. The SMILES string of the molecule is [2H]C([2H])([2H])n1c2ncccc2c2oc3[n+](c21)Cc1ncccc1-3. The second kappa shape index (κ2) is 3.25. The topological polar surface area (TPSA) is 47.7 Å². The fourth-order valence-corrected chi connectivity index (χ4v) is 2.92. The third kappa shape index (κ3) is 1.02. The molecular formula is C15H11N4O+. The van der Waals surface area contributed by atoms with Crippen molar-refractivity contribution in [2.24, 2.45) is 6.98 Å². The Kier molecular flexibility index (Phi) is 1.27. The molecule has 5 heterocycles. The van der Waals surface area contributed by atoms with Gasteiger partial charge in [-0.25, -0.2) is 9.55 Å². The molecule has 1 aliphatic heterocycles. The van der Waals surface area contributed by atoms with E-state index in [2.05, 4.69) is 9.97 Å². The smallest absolute Gasteiger partial charge is 0.330 e. The molecule has 0 aromatic carbocycles. The molecule has 0 amide bonds. The number of hydrogen-bond acceptors (Lipinski definition) is 3. The van der Waals surface area contributed by atoms with Gasteiger partial charge in [0.25, 0.3) is 5.89 Å². The lowest BCUT2D eigenvalue weighted by Crippen LogP contribution is -2.32. The number of nitrogens with zero attached hydrogens (tertiary/aromatic N) is 4. The van der Waals surface area contributed by atoms with Gasteiger partial charge in [0, 0.05) is 12.4 Å². The number of aromatic nitrogens is 4. The summed E-state index contributed by atoms with van der Waals surface area (Å²) in [5, 5.41) is 0.700. The van der Waals surface area contributed by atoms with E-state index in [1.54, 1.807) is 18.5 Å². The zero-order chi connectivity index (χ0) is 15.8. The minimum atomic E-state index is -2.35. The molecular weight excluding hydrogens is 252 g/mol. The van der Waals surface area contributed by atoms with Gasteiger partial charge in [0.05, 0.1) is 27.7 Å². The first-order chi connectivity index (χ1) is 11.1. The number of fused-ring (bicyclic) bond motifs is 7. The summed E-state index contributed by atoms with van der Waals surface area (Å²) in [5.41, 5.74) is 3.25. The van der Waals surface area contributed by atoms with Crippen molar-refractivity contribution in [3.8, 4) is 11.5 Å². The fraction of sp³-hybridized carbons (Fsp3) is 0.133. The van der Waals surface area contributed by atoms with E-state index in [-0.39, 0.29) is 0 Å². The molecule has 0 fully saturated rings. The van der Waals surface area contributed by atoms with Crippen LogP contribution in [0.2, 0.25) is 0 Å². The van der Waals surface area contributed by atoms with Crippen molar-refractivity contribution in [2.45, 2.75) is 6.54 Å². The van der Waals surface area contributed by atoms with Gasteiger partial charge in [-0.15, -0.1) is 0 Å². The summed E-state index contributed by atoms with van der Waals surface area (Å²) in [4.78, 5) is 8.60. The molecule has 0 saturated heterocycles. The molecule has 0 N–H and O–H groups in total. The van der Waals surface area contributed by atoms with E-state index >= 15 is 0 Å². The molecule has 5 rings (SSSR count). The molecule has 0 spiro atoms.